The number of thiazole rings is 1. The number of aryl methyl sites for hydroxylation is 3. The number of nitrogen functional groups attached to an aromatic ring is 1. The standard InChI is InChI=1S/C15H18N2S/c1-8-6-9(2)12(10(3)7-8)13-14(16)18-15(17-13)11-4-5-11/h6-7,11H,4-5,16H2,1-3H3. The summed E-state index contributed by atoms with van der Waals surface area (Å²) in [6.45, 7) is 6.42. The van der Waals surface area contributed by atoms with Crippen molar-refractivity contribution >= 4 is 16.3 Å². The minimum Gasteiger partial charge on any atom is -0.389 e. The third kappa shape index (κ3) is 1.93. The Morgan fingerprint density at radius 3 is 2.33 bits per heavy atom. The van der Waals surface area contributed by atoms with Crippen molar-refractivity contribution in [2.24, 2.45) is 0 Å². The first-order valence-corrected chi connectivity index (χ1v) is 7.22. The predicted molar refractivity (Wildman–Crippen MR) is 78.1 cm³/mol. The van der Waals surface area contributed by atoms with Crippen molar-refractivity contribution in [1.82, 2.24) is 4.98 Å². The molecular weight excluding hydrogens is 240 g/mol. The van der Waals surface area contributed by atoms with E-state index in [0.717, 1.165) is 10.7 Å². The SMILES string of the molecule is Cc1cc(C)c(-c2nc(C3CC3)sc2N)c(C)c1. The number of rotatable bonds is 2. The average molecular weight is 258 g/mol. The van der Waals surface area contributed by atoms with Crippen LogP contribution in [0.5, 0.6) is 0 Å². The molecule has 1 fully saturated rings. The third-order valence-electron chi connectivity index (χ3n) is 3.51. The molecule has 2 aromatic rings. The fraction of sp³-hybridized carbons (Fsp3) is 0.400. The highest BCUT2D eigenvalue weighted by Crippen LogP contribution is 2.45. The number of hydrogen-bond donors (Lipinski definition) is 1. The smallest absolute Gasteiger partial charge is 0.114 e. The molecule has 1 heterocycles. The van der Waals surface area contributed by atoms with Gasteiger partial charge in [-0.15, -0.1) is 11.3 Å². The minimum atomic E-state index is 0.678. The Kier molecular flexibility index (Phi) is 2.67. The van der Waals surface area contributed by atoms with Gasteiger partial charge in [-0.3, -0.25) is 0 Å². The Hall–Kier alpha value is -1.35. The topological polar surface area (TPSA) is 38.9 Å². The molecule has 0 bridgehead atoms. The van der Waals surface area contributed by atoms with Crippen LogP contribution in [-0.4, -0.2) is 4.98 Å². The van der Waals surface area contributed by atoms with Gasteiger partial charge in [0.1, 0.15) is 10.7 Å². The first-order valence-electron chi connectivity index (χ1n) is 6.40. The summed E-state index contributed by atoms with van der Waals surface area (Å²) >= 11 is 1.67. The lowest BCUT2D eigenvalue weighted by Crippen LogP contribution is -1.93. The molecule has 1 aliphatic rings. The molecule has 0 saturated heterocycles. The summed E-state index contributed by atoms with van der Waals surface area (Å²) in [7, 11) is 0. The van der Waals surface area contributed by atoms with Gasteiger partial charge in [0, 0.05) is 11.5 Å². The molecule has 0 atom stereocenters. The first kappa shape index (κ1) is 11.7. The zero-order valence-electron chi connectivity index (χ0n) is 11.1. The van der Waals surface area contributed by atoms with Crippen LogP contribution in [0.3, 0.4) is 0 Å². The van der Waals surface area contributed by atoms with Crippen LogP contribution in [0.4, 0.5) is 5.00 Å². The van der Waals surface area contributed by atoms with Crippen LogP contribution in [-0.2, 0) is 0 Å². The van der Waals surface area contributed by atoms with Crippen LogP contribution >= 0.6 is 11.3 Å². The van der Waals surface area contributed by atoms with Crippen LogP contribution < -0.4 is 5.73 Å². The second kappa shape index (κ2) is 4.09. The van der Waals surface area contributed by atoms with Crippen LogP contribution in [0, 0.1) is 20.8 Å². The predicted octanol–water partition coefficient (Wildman–Crippen LogP) is 4.19. The fourth-order valence-electron chi connectivity index (χ4n) is 2.59. The van der Waals surface area contributed by atoms with Gasteiger partial charge in [-0.1, -0.05) is 17.7 Å². The first-order chi connectivity index (χ1) is 8.56. The van der Waals surface area contributed by atoms with Crippen LogP contribution in [0.2, 0.25) is 0 Å². The van der Waals surface area contributed by atoms with Crippen molar-refractivity contribution in [2.75, 3.05) is 5.73 Å². The summed E-state index contributed by atoms with van der Waals surface area (Å²) < 4.78 is 0. The van der Waals surface area contributed by atoms with Gasteiger partial charge in [0.05, 0.1) is 5.01 Å². The lowest BCUT2D eigenvalue weighted by Gasteiger charge is -2.09. The Balaban J connectivity index is 2.14. The van der Waals surface area contributed by atoms with Gasteiger partial charge < -0.3 is 5.73 Å². The minimum absolute atomic E-state index is 0.678. The van der Waals surface area contributed by atoms with E-state index in [2.05, 4.69) is 32.9 Å². The van der Waals surface area contributed by atoms with E-state index >= 15 is 0 Å². The fourth-order valence-corrected chi connectivity index (χ4v) is 3.60. The molecule has 3 rings (SSSR count). The van der Waals surface area contributed by atoms with Crippen LogP contribution in [0.1, 0.15) is 40.5 Å². The number of nitrogens with two attached hydrogens (primary N) is 1. The number of nitrogens with zero attached hydrogens (tertiary/aromatic N) is 1. The van der Waals surface area contributed by atoms with Gasteiger partial charge in [-0.25, -0.2) is 4.98 Å². The summed E-state index contributed by atoms with van der Waals surface area (Å²) in [5, 5.41) is 2.09. The lowest BCUT2D eigenvalue weighted by atomic mass is 9.97. The highest BCUT2D eigenvalue weighted by atomic mass is 32.1. The molecule has 1 aromatic carbocycles. The molecule has 0 spiro atoms. The van der Waals surface area contributed by atoms with E-state index < -0.39 is 0 Å². The zero-order valence-corrected chi connectivity index (χ0v) is 11.9. The van der Waals surface area contributed by atoms with Crippen molar-refractivity contribution in [1.29, 1.82) is 0 Å². The molecular formula is C15H18N2S. The maximum Gasteiger partial charge on any atom is 0.114 e. The summed E-state index contributed by atoms with van der Waals surface area (Å²) in [6.07, 6.45) is 2.55. The number of anilines is 1. The van der Waals surface area contributed by atoms with E-state index in [1.807, 2.05) is 0 Å². The molecule has 1 aromatic heterocycles. The van der Waals surface area contributed by atoms with E-state index in [9.17, 15) is 0 Å². The molecule has 0 radical (unpaired) electrons. The summed E-state index contributed by atoms with van der Waals surface area (Å²) in [6, 6.07) is 4.41. The van der Waals surface area contributed by atoms with E-state index in [4.69, 9.17) is 10.7 Å². The van der Waals surface area contributed by atoms with E-state index in [-0.39, 0.29) is 0 Å². The molecule has 1 aliphatic carbocycles. The Labute approximate surface area is 112 Å². The molecule has 2 nitrogen and oxygen atoms in total. The number of hydrogen-bond acceptors (Lipinski definition) is 3. The van der Waals surface area contributed by atoms with Gasteiger partial charge in [-0.2, -0.15) is 0 Å². The van der Waals surface area contributed by atoms with Gasteiger partial charge in [0.15, 0.2) is 0 Å². The molecule has 0 unspecified atom stereocenters. The van der Waals surface area contributed by atoms with Crippen LogP contribution in [0.15, 0.2) is 12.1 Å². The van der Waals surface area contributed by atoms with Gasteiger partial charge >= 0.3 is 0 Å². The Morgan fingerprint density at radius 2 is 1.78 bits per heavy atom. The Morgan fingerprint density at radius 1 is 1.17 bits per heavy atom. The monoisotopic (exact) mass is 258 g/mol. The molecule has 0 amide bonds. The molecule has 1 saturated carbocycles. The molecule has 0 aliphatic heterocycles. The maximum absolute atomic E-state index is 6.17. The van der Waals surface area contributed by atoms with Gasteiger partial charge in [-0.05, 0) is 44.7 Å². The largest absolute Gasteiger partial charge is 0.389 e. The van der Waals surface area contributed by atoms with Crippen LogP contribution in [0.25, 0.3) is 11.3 Å². The highest BCUT2D eigenvalue weighted by molar-refractivity contribution is 7.16. The van der Waals surface area contributed by atoms with Crippen molar-refractivity contribution in [3.8, 4) is 11.3 Å². The highest BCUT2D eigenvalue weighted by Gasteiger charge is 2.28. The molecule has 18 heavy (non-hydrogen) atoms. The average Bonchev–Trinajstić information content (AvgIpc) is 3.03. The second-order valence-corrected chi connectivity index (χ2v) is 6.38. The molecule has 3 heteroatoms. The van der Waals surface area contributed by atoms with E-state index in [1.54, 1.807) is 11.3 Å². The number of aromatic nitrogens is 1. The second-order valence-electron chi connectivity index (χ2n) is 5.31. The molecule has 94 valence electrons. The zero-order chi connectivity index (χ0) is 12.9. The van der Waals surface area contributed by atoms with Crippen molar-refractivity contribution in [2.45, 2.75) is 39.5 Å². The summed E-state index contributed by atoms with van der Waals surface area (Å²) in [5.74, 6) is 0.678. The van der Waals surface area contributed by atoms with Crippen molar-refractivity contribution in [3.05, 3.63) is 33.8 Å². The van der Waals surface area contributed by atoms with E-state index in [0.29, 0.717) is 5.92 Å². The van der Waals surface area contributed by atoms with Crippen molar-refractivity contribution < 1.29 is 0 Å². The van der Waals surface area contributed by atoms with Gasteiger partial charge in [0.2, 0.25) is 0 Å². The lowest BCUT2D eigenvalue weighted by molar-refractivity contribution is 1.08. The summed E-state index contributed by atoms with van der Waals surface area (Å²) in [4.78, 5) is 4.79. The number of benzene rings is 1. The summed E-state index contributed by atoms with van der Waals surface area (Å²) in [5.41, 5.74) is 12.2. The third-order valence-corrected chi connectivity index (χ3v) is 4.56. The van der Waals surface area contributed by atoms with E-state index in [1.165, 1.54) is 40.1 Å². The Bertz CT molecular complexity index is 586. The van der Waals surface area contributed by atoms with Gasteiger partial charge in [0.25, 0.3) is 0 Å². The molecule has 2 N–H and O–H groups in total. The normalized spacial score (nSPS) is 15.1. The maximum atomic E-state index is 6.17. The van der Waals surface area contributed by atoms with Crippen molar-refractivity contribution in [3.63, 3.8) is 0 Å². The quantitative estimate of drug-likeness (QED) is 0.877.